The van der Waals surface area contributed by atoms with E-state index in [-0.39, 0.29) is 5.56 Å². The number of piperazine rings is 1. The normalized spacial score (nSPS) is 15.9. The number of rotatable bonds is 5. The predicted molar refractivity (Wildman–Crippen MR) is 96.3 cm³/mol. The molecule has 7 nitrogen and oxygen atoms in total. The van der Waals surface area contributed by atoms with Crippen LogP contribution in [0.4, 0.5) is 0 Å². The fraction of sp³-hybridized carbons (Fsp3) is 0.444. The molecule has 3 heterocycles. The third-order valence-electron chi connectivity index (χ3n) is 4.96. The molecule has 0 unspecified atom stereocenters. The van der Waals surface area contributed by atoms with Gasteiger partial charge in [-0.15, -0.1) is 0 Å². The van der Waals surface area contributed by atoms with Crippen LogP contribution in [0.1, 0.15) is 6.92 Å². The van der Waals surface area contributed by atoms with E-state index in [0.29, 0.717) is 18.7 Å². The summed E-state index contributed by atoms with van der Waals surface area (Å²) in [7, 11) is 0. The monoisotopic (exact) mass is 343 g/mol. The van der Waals surface area contributed by atoms with Crippen molar-refractivity contribution in [1.82, 2.24) is 14.5 Å². The van der Waals surface area contributed by atoms with E-state index < -0.39 is 0 Å². The molecule has 3 aromatic rings. The van der Waals surface area contributed by atoms with Gasteiger partial charge in [0.05, 0.1) is 26.0 Å². The Morgan fingerprint density at radius 2 is 2.20 bits per heavy atom. The first-order valence-electron chi connectivity index (χ1n) is 9.05. The van der Waals surface area contributed by atoms with E-state index in [1.54, 1.807) is 15.8 Å². The molecule has 1 saturated heterocycles. The minimum Gasteiger partial charge on any atom is -0.494 e. The molecule has 2 aromatic heterocycles. The number of H-pyrrole nitrogens is 1. The summed E-state index contributed by atoms with van der Waals surface area (Å²) < 4.78 is 7.29. The van der Waals surface area contributed by atoms with Gasteiger partial charge >= 0.3 is 0 Å². The van der Waals surface area contributed by atoms with Crippen molar-refractivity contribution in [2.24, 2.45) is 0 Å². The highest BCUT2D eigenvalue weighted by molar-refractivity contribution is 6.04. The first-order chi connectivity index (χ1) is 12.3. The zero-order valence-electron chi connectivity index (χ0n) is 14.5. The average molecular weight is 343 g/mol. The Bertz CT molecular complexity index is 940. The number of nitrogens with two attached hydrogens (primary N) is 1. The second-order valence-electron chi connectivity index (χ2n) is 6.60. The SMILES string of the molecule is CCOc1ccc2[nH]c3c(=O)n(CC[NH+]4CC[NH2+]CC4)cnc3c2c1. The molecule has 1 aliphatic heterocycles. The van der Waals surface area contributed by atoms with Crippen LogP contribution in [0.25, 0.3) is 21.9 Å². The van der Waals surface area contributed by atoms with Gasteiger partial charge in [-0.05, 0) is 25.1 Å². The van der Waals surface area contributed by atoms with E-state index in [1.807, 2.05) is 25.1 Å². The van der Waals surface area contributed by atoms with Crippen molar-refractivity contribution in [1.29, 1.82) is 0 Å². The molecule has 0 bridgehead atoms. The summed E-state index contributed by atoms with van der Waals surface area (Å²) in [6.45, 7) is 8.92. The van der Waals surface area contributed by atoms with Crippen LogP contribution in [0, 0.1) is 0 Å². The van der Waals surface area contributed by atoms with Crippen LogP contribution in [0.15, 0.2) is 29.3 Å². The Labute approximate surface area is 145 Å². The lowest BCUT2D eigenvalue weighted by atomic mass is 10.2. The van der Waals surface area contributed by atoms with Crippen molar-refractivity contribution in [2.45, 2.75) is 13.5 Å². The summed E-state index contributed by atoms with van der Waals surface area (Å²) in [5.74, 6) is 0.799. The van der Waals surface area contributed by atoms with Crippen molar-refractivity contribution in [3.8, 4) is 5.75 Å². The molecular weight excluding hydrogens is 318 g/mol. The lowest BCUT2D eigenvalue weighted by Crippen LogP contribution is -3.20. The van der Waals surface area contributed by atoms with Gasteiger partial charge in [0.2, 0.25) is 0 Å². The van der Waals surface area contributed by atoms with Gasteiger partial charge < -0.3 is 19.9 Å². The van der Waals surface area contributed by atoms with Crippen LogP contribution in [0.3, 0.4) is 0 Å². The standard InChI is InChI=1S/C18H23N5O2/c1-2-25-13-3-4-15-14(11-13)16-17(21-15)18(24)23(12-20-16)10-9-22-7-5-19-6-8-22/h3-4,11-12,19,21H,2,5-10H2,1H3/p+2. The van der Waals surface area contributed by atoms with Crippen molar-refractivity contribution < 1.29 is 15.0 Å². The number of benzene rings is 1. The van der Waals surface area contributed by atoms with Crippen molar-refractivity contribution >= 4 is 21.9 Å². The molecule has 0 radical (unpaired) electrons. The quantitative estimate of drug-likeness (QED) is 0.541. The number of quaternary nitrogens is 2. The average Bonchev–Trinajstić information content (AvgIpc) is 3.01. The number of aromatic nitrogens is 3. The Hall–Kier alpha value is -2.38. The van der Waals surface area contributed by atoms with E-state index in [1.165, 1.54) is 13.1 Å². The van der Waals surface area contributed by atoms with Crippen molar-refractivity contribution in [3.05, 3.63) is 34.9 Å². The van der Waals surface area contributed by atoms with Crippen LogP contribution >= 0.6 is 0 Å². The van der Waals surface area contributed by atoms with Gasteiger partial charge in [0, 0.05) is 10.9 Å². The fourth-order valence-electron chi connectivity index (χ4n) is 3.60. The van der Waals surface area contributed by atoms with Crippen molar-refractivity contribution in [3.63, 3.8) is 0 Å². The molecule has 7 heteroatoms. The first-order valence-corrected chi connectivity index (χ1v) is 9.05. The van der Waals surface area contributed by atoms with Gasteiger partial charge in [-0.1, -0.05) is 0 Å². The van der Waals surface area contributed by atoms with E-state index in [9.17, 15) is 4.79 Å². The van der Waals surface area contributed by atoms with Gasteiger partial charge in [-0.2, -0.15) is 0 Å². The van der Waals surface area contributed by atoms with Gasteiger partial charge in [-0.3, -0.25) is 9.36 Å². The molecule has 1 fully saturated rings. The molecular formula is C18H25N5O2+2. The maximum Gasteiger partial charge on any atom is 0.277 e. The molecule has 25 heavy (non-hydrogen) atoms. The summed E-state index contributed by atoms with van der Waals surface area (Å²) >= 11 is 0. The van der Waals surface area contributed by atoms with E-state index in [0.717, 1.165) is 41.8 Å². The number of aromatic amines is 1. The first kappa shape index (κ1) is 16.1. The molecule has 132 valence electrons. The molecule has 0 amide bonds. The molecule has 1 aromatic carbocycles. The second kappa shape index (κ2) is 6.85. The number of fused-ring (bicyclic) bond motifs is 3. The zero-order chi connectivity index (χ0) is 17.2. The third-order valence-corrected chi connectivity index (χ3v) is 4.96. The smallest absolute Gasteiger partial charge is 0.277 e. The molecule has 1 aliphatic rings. The molecule has 4 rings (SSSR count). The van der Waals surface area contributed by atoms with Gasteiger partial charge in [-0.25, -0.2) is 4.98 Å². The summed E-state index contributed by atoms with van der Waals surface area (Å²) in [6, 6.07) is 5.81. The fourth-order valence-corrected chi connectivity index (χ4v) is 3.60. The Balaban J connectivity index is 1.65. The topological polar surface area (TPSA) is 81.0 Å². The molecule has 0 saturated carbocycles. The van der Waals surface area contributed by atoms with Crippen LogP contribution in [-0.4, -0.2) is 53.9 Å². The van der Waals surface area contributed by atoms with Gasteiger partial charge in [0.25, 0.3) is 5.56 Å². The summed E-state index contributed by atoms with van der Waals surface area (Å²) in [6.07, 6.45) is 1.68. The number of nitrogens with one attached hydrogen (secondary N) is 2. The number of hydrogen-bond donors (Lipinski definition) is 3. The molecule has 0 atom stereocenters. The van der Waals surface area contributed by atoms with E-state index in [4.69, 9.17) is 4.74 Å². The van der Waals surface area contributed by atoms with Gasteiger partial charge in [0.1, 0.15) is 43.0 Å². The number of ether oxygens (including phenoxy) is 1. The third kappa shape index (κ3) is 3.12. The summed E-state index contributed by atoms with van der Waals surface area (Å²) in [5, 5.41) is 3.28. The molecule has 0 spiro atoms. The van der Waals surface area contributed by atoms with Crippen LogP contribution in [-0.2, 0) is 6.54 Å². The highest BCUT2D eigenvalue weighted by Gasteiger charge is 2.16. The Morgan fingerprint density at radius 1 is 1.36 bits per heavy atom. The lowest BCUT2D eigenvalue weighted by molar-refractivity contribution is -0.947. The van der Waals surface area contributed by atoms with Crippen LogP contribution in [0.2, 0.25) is 0 Å². The minimum atomic E-state index is 0.00197. The predicted octanol–water partition coefficient (Wildman–Crippen LogP) is -1.26. The van der Waals surface area contributed by atoms with Crippen LogP contribution < -0.4 is 20.5 Å². The van der Waals surface area contributed by atoms with Crippen molar-refractivity contribution in [2.75, 3.05) is 39.3 Å². The molecule has 0 aliphatic carbocycles. The second-order valence-corrected chi connectivity index (χ2v) is 6.60. The lowest BCUT2D eigenvalue weighted by Gasteiger charge is -2.22. The minimum absolute atomic E-state index is 0.00197. The van der Waals surface area contributed by atoms with E-state index in [2.05, 4.69) is 15.3 Å². The number of hydrogen-bond acceptors (Lipinski definition) is 3. The van der Waals surface area contributed by atoms with E-state index >= 15 is 0 Å². The Kier molecular flexibility index (Phi) is 4.42. The summed E-state index contributed by atoms with van der Waals surface area (Å²) in [4.78, 5) is 22.2. The largest absolute Gasteiger partial charge is 0.494 e. The Morgan fingerprint density at radius 3 is 3.00 bits per heavy atom. The highest BCUT2D eigenvalue weighted by atomic mass is 16.5. The number of nitrogens with zero attached hydrogens (tertiary/aromatic N) is 2. The zero-order valence-corrected chi connectivity index (χ0v) is 14.5. The van der Waals surface area contributed by atoms with Gasteiger partial charge in [0.15, 0.2) is 0 Å². The maximum atomic E-state index is 12.8. The molecule has 4 N–H and O–H groups in total. The maximum absolute atomic E-state index is 12.8. The summed E-state index contributed by atoms with van der Waals surface area (Å²) in [5.41, 5.74) is 2.21. The highest BCUT2D eigenvalue weighted by Crippen LogP contribution is 2.25. The van der Waals surface area contributed by atoms with Crippen LogP contribution in [0.5, 0.6) is 5.75 Å².